The third kappa shape index (κ3) is 6.05. The van der Waals surface area contributed by atoms with Crippen LogP contribution in [0.2, 0.25) is 0 Å². The summed E-state index contributed by atoms with van der Waals surface area (Å²) in [5.41, 5.74) is 32.4. The molecule has 90 heavy (non-hydrogen) atoms. The summed E-state index contributed by atoms with van der Waals surface area (Å²) in [6.45, 7) is 9.63. The zero-order valence-electron chi connectivity index (χ0n) is 51.3. The molecule has 5 saturated carbocycles. The number of anilines is 6. The maximum Gasteiger partial charge on any atom is 0.136 e. The maximum atomic E-state index is 6.99. The van der Waals surface area contributed by atoms with Gasteiger partial charge in [0, 0.05) is 86.7 Å². The first-order valence-corrected chi connectivity index (χ1v) is 34.2. The van der Waals surface area contributed by atoms with Crippen LogP contribution in [0.1, 0.15) is 117 Å². The zero-order chi connectivity index (χ0) is 59.1. The van der Waals surface area contributed by atoms with Gasteiger partial charge in [0.2, 0.25) is 0 Å². The highest BCUT2D eigenvalue weighted by Crippen LogP contribution is 2.89. The summed E-state index contributed by atoms with van der Waals surface area (Å²) in [4.78, 5) is 5.15. The molecule has 0 saturated heterocycles. The summed E-state index contributed by atoms with van der Waals surface area (Å²) < 4.78 is 9.54. The van der Waals surface area contributed by atoms with Crippen LogP contribution in [0.25, 0.3) is 86.6 Å². The van der Waals surface area contributed by atoms with Crippen molar-refractivity contribution in [2.75, 3.05) is 9.80 Å². The average Bonchev–Trinajstić information content (AvgIpc) is 1.45. The number of fused-ring (bicyclic) bond motifs is 26. The quantitative estimate of drug-likeness (QED) is 0.165. The minimum absolute atomic E-state index is 0.0664. The van der Waals surface area contributed by atoms with Crippen LogP contribution in [0.15, 0.2) is 223 Å². The minimum Gasteiger partial charge on any atom is -0.456 e. The Balaban J connectivity index is 0.695. The van der Waals surface area contributed by atoms with E-state index in [4.69, 9.17) is 4.42 Å². The summed E-state index contributed by atoms with van der Waals surface area (Å²) in [6.07, 6.45) is 9.39. The molecule has 4 heteroatoms. The number of hydrogen-bond donors (Lipinski definition) is 0. The standard InChI is InChI=1S/C86H66N2OS/c1-82(2)69-17-9-5-13-57(69)61-29-23-52(37-73(61)82)87(54-25-31-63-59-15-7-11-19-71(59)85(75(63)39-54)44-48-21-22-49(85)35-48)51-28-34-77-66(36-51)67-43-80-68(42-78(67)89-77)65-33-27-56(41-79(65)90-80)88(53-24-30-62-58-14-6-10-18-70(58)83(3,4)74(62)38-53)55-26-32-64-60-16-8-12-20-72(60)86(76(64)40-55)46-50-45-84(50)47-81(84)86/h5-20,23-34,36-43,48-50,81H,21-22,35,44-47H2,1-4H3. The third-order valence-electron chi connectivity index (χ3n) is 25.5. The fraction of sp³-hybridized carbons (Fsp3) is 0.233. The molecule has 0 N–H and O–H groups in total. The topological polar surface area (TPSA) is 19.6 Å². The predicted molar refractivity (Wildman–Crippen MR) is 372 cm³/mol. The highest BCUT2D eigenvalue weighted by molar-refractivity contribution is 7.26. The van der Waals surface area contributed by atoms with Crippen molar-refractivity contribution < 1.29 is 4.42 Å². The van der Waals surface area contributed by atoms with Crippen molar-refractivity contribution in [2.45, 2.75) is 94.3 Å². The fourth-order valence-electron chi connectivity index (χ4n) is 21.4. The molecular weight excluding hydrogens is 1110 g/mol. The maximum absolute atomic E-state index is 6.99. The molecule has 13 aromatic rings. The Morgan fingerprint density at radius 2 is 0.811 bits per heavy atom. The van der Waals surface area contributed by atoms with E-state index >= 15 is 0 Å². The monoisotopic (exact) mass is 1170 g/mol. The van der Waals surface area contributed by atoms with Gasteiger partial charge in [-0.15, -0.1) is 11.3 Å². The third-order valence-corrected chi connectivity index (χ3v) is 26.6. The average molecular weight is 1180 g/mol. The number of benzene rings is 11. The first-order chi connectivity index (χ1) is 44.0. The Labute approximate surface area is 529 Å². The highest BCUT2D eigenvalue weighted by Gasteiger charge is 2.82. The van der Waals surface area contributed by atoms with Gasteiger partial charge in [-0.3, -0.25) is 0 Å². The molecule has 7 atom stereocenters. The lowest BCUT2D eigenvalue weighted by atomic mass is 9.67. The lowest BCUT2D eigenvalue weighted by Gasteiger charge is -2.37. The van der Waals surface area contributed by atoms with Crippen LogP contribution < -0.4 is 9.80 Å². The number of thiophene rings is 1. The second-order valence-electron chi connectivity index (χ2n) is 30.1. The lowest BCUT2D eigenvalue weighted by molar-refractivity contribution is 0.327. The largest absolute Gasteiger partial charge is 0.456 e. The number of furan rings is 1. The summed E-state index contributed by atoms with van der Waals surface area (Å²) in [6, 6.07) is 85.5. The van der Waals surface area contributed by atoms with Gasteiger partial charge in [-0.1, -0.05) is 162 Å². The van der Waals surface area contributed by atoms with E-state index in [1.807, 2.05) is 11.3 Å². The molecule has 9 aliphatic carbocycles. The summed E-state index contributed by atoms with van der Waals surface area (Å²) in [5.74, 6) is 3.09. The van der Waals surface area contributed by atoms with Crippen molar-refractivity contribution in [3.05, 3.63) is 263 Å². The summed E-state index contributed by atoms with van der Waals surface area (Å²) in [5, 5.41) is 4.80. The first kappa shape index (κ1) is 49.9. The lowest BCUT2D eigenvalue weighted by Crippen LogP contribution is -2.32. The van der Waals surface area contributed by atoms with Gasteiger partial charge in [0.25, 0.3) is 0 Å². The summed E-state index contributed by atoms with van der Waals surface area (Å²) in [7, 11) is 0. The van der Waals surface area contributed by atoms with Crippen LogP contribution in [0.4, 0.5) is 34.1 Å². The predicted octanol–water partition coefficient (Wildman–Crippen LogP) is 23.3. The number of hydrogen-bond acceptors (Lipinski definition) is 4. The van der Waals surface area contributed by atoms with Crippen LogP contribution in [-0.4, -0.2) is 0 Å². The molecular formula is C86H66N2OS. The van der Waals surface area contributed by atoms with E-state index in [-0.39, 0.29) is 21.7 Å². The van der Waals surface area contributed by atoms with E-state index in [2.05, 4.69) is 256 Å². The van der Waals surface area contributed by atoms with Gasteiger partial charge in [0.05, 0.1) is 0 Å². The molecule has 0 amide bonds. The SMILES string of the molecule is CC1(C)c2ccccc2-c2ccc(N(c3ccc4c(c3)C3(CC5CC56CC36)c3ccccc3-4)c3ccc4c(c3)sc3cc5c(cc34)oc3ccc(N(c4ccc6c(c4)C(C)(C)c4ccccc4-6)c4ccc6c(c4)C4(CC7CCC4C7)c4ccccc4-6)cc35)cc21. The highest BCUT2D eigenvalue weighted by atomic mass is 32.1. The van der Waals surface area contributed by atoms with Gasteiger partial charge >= 0.3 is 0 Å². The van der Waals surface area contributed by atoms with Crippen LogP contribution >= 0.6 is 11.3 Å². The molecule has 0 aliphatic heterocycles. The van der Waals surface area contributed by atoms with Gasteiger partial charge in [-0.25, -0.2) is 0 Å². The van der Waals surface area contributed by atoms with Crippen molar-refractivity contribution >= 4 is 87.6 Å². The molecule has 3 spiro atoms. The Morgan fingerprint density at radius 1 is 0.344 bits per heavy atom. The number of rotatable bonds is 6. The Hall–Kier alpha value is -8.96. The Bertz CT molecular complexity index is 5460. The number of nitrogens with zero attached hydrogens (tertiary/aromatic N) is 2. The van der Waals surface area contributed by atoms with Gasteiger partial charge in [0.1, 0.15) is 11.2 Å². The van der Waals surface area contributed by atoms with E-state index in [1.54, 1.807) is 16.7 Å². The van der Waals surface area contributed by atoms with E-state index in [9.17, 15) is 0 Å². The van der Waals surface area contributed by atoms with Gasteiger partial charge in [-0.05, 0) is 248 Å². The van der Waals surface area contributed by atoms with Crippen LogP contribution in [-0.2, 0) is 21.7 Å². The normalized spacial score (nSPS) is 25.1. The molecule has 2 heterocycles. The van der Waals surface area contributed by atoms with Gasteiger partial charge in [-0.2, -0.15) is 0 Å². The smallest absolute Gasteiger partial charge is 0.136 e. The van der Waals surface area contributed by atoms with Crippen molar-refractivity contribution in [3.8, 4) is 44.5 Å². The molecule has 7 unspecified atom stereocenters. The molecule has 5 fully saturated rings. The molecule has 2 bridgehead atoms. The van der Waals surface area contributed by atoms with E-state index in [0.29, 0.717) is 11.3 Å². The molecule has 9 aliphatic rings. The van der Waals surface area contributed by atoms with Crippen LogP contribution in [0.3, 0.4) is 0 Å². The van der Waals surface area contributed by atoms with Crippen LogP contribution in [0.5, 0.6) is 0 Å². The van der Waals surface area contributed by atoms with Crippen molar-refractivity contribution in [3.63, 3.8) is 0 Å². The van der Waals surface area contributed by atoms with Crippen molar-refractivity contribution in [2.24, 2.45) is 29.1 Å². The second-order valence-corrected chi connectivity index (χ2v) is 31.1. The molecule has 22 rings (SSSR count). The summed E-state index contributed by atoms with van der Waals surface area (Å²) >= 11 is 1.91. The van der Waals surface area contributed by atoms with E-state index < -0.39 is 0 Å². The molecule has 3 nitrogen and oxygen atoms in total. The van der Waals surface area contributed by atoms with Crippen molar-refractivity contribution in [1.29, 1.82) is 0 Å². The Kier molecular flexibility index (Phi) is 9.15. The van der Waals surface area contributed by atoms with E-state index in [0.717, 1.165) is 45.4 Å². The molecule has 432 valence electrons. The molecule has 11 aromatic carbocycles. The Morgan fingerprint density at radius 3 is 1.37 bits per heavy atom. The minimum atomic E-state index is -0.140. The van der Waals surface area contributed by atoms with Gasteiger partial charge < -0.3 is 14.2 Å². The zero-order valence-corrected chi connectivity index (χ0v) is 52.1. The van der Waals surface area contributed by atoms with Gasteiger partial charge in [0.15, 0.2) is 0 Å². The van der Waals surface area contributed by atoms with Crippen LogP contribution in [0, 0.1) is 29.1 Å². The first-order valence-electron chi connectivity index (χ1n) is 33.4. The molecule has 2 aromatic heterocycles. The molecule has 0 radical (unpaired) electrons. The second kappa shape index (κ2) is 16.5. The van der Waals surface area contributed by atoms with Crippen molar-refractivity contribution in [1.82, 2.24) is 0 Å². The fourth-order valence-corrected chi connectivity index (χ4v) is 22.5. The van der Waals surface area contributed by atoms with E-state index in [1.165, 1.54) is 166 Å².